The Morgan fingerprint density at radius 2 is 1.83 bits per heavy atom. The third-order valence-electron chi connectivity index (χ3n) is 5.44. The van der Waals surface area contributed by atoms with Gasteiger partial charge in [0.25, 0.3) is 17.1 Å². The normalized spacial score (nSPS) is 14.5. The maximum absolute atomic E-state index is 12.9. The number of ether oxygens (including phenoxy) is 1. The van der Waals surface area contributed by atoms with Crippen LogP contribution in [0.4, 0.5) is 10.5 Å². The Balaban J connectivity index is 1.39. The summed E-state index contributed by atoms with van der Waals surface area (Å²) in [5, 5.41) is 3.01. The number of nitrogens with zero attached hydrogens (tertiary/aromatic N) is 1. The van der Waals surface area contributed by atoms with Gasteiger partial charge < -0.3 is 10.1 Å². The number of anilines is 1. The van der Waals surface area contributed by atoms with Gasteiger partial charge in [0.15, 0.2) is 6.61 Å². The molecule has 3 amide bonds. The molecule has 0 atom stereocenters. The average molecular weight is 507 g/mol. The molecular formula is C27H23ClN2O4S. The number of imide groups is 1. The molecule has 1 saturated heterocycles. The number of aryl methyl sites for hydroxylation is 2. The largest absolute Gasteiger partial charge is 0.484 e. The van der Waals surface area contributed by atoms with Crippen LogP contribution >= 0.6 is 23.4 Å². The van der Waals surface area contributed by atoms with Crippen molar-refractivity contribution in [3.05, 3.63) is 98.9 Å². The number of halogens is 1. The number of hydrogen-bond acceptors (Lipinski definition) is 5. The monoisotopic (exact) mass is 506 g/mol. The van der Waals surface area contributed by atoms with Gasteiger partial charge in [-0.25, -0.2) is 0 Å². The van der Waals surface area contributed by atoms with E-state index in [4.69, 9.17) is 16.3 Å². The molecule has 6 nitrogen and oxygen atoms in total. The van der Waals surface area contributed by atoms with Crippen molar-refractivity contribution >= 4 is 52.2 Å². The first-order valence-electron chi connectivity index (χ1n) is 10.9. The Morgan fingerprint density at radius 1 is 1.03 bits per heavy atom. The number of rotatable bonds is 7. The van der Waals surface area contributed by atoms with E-state index in [1.165, 1.54) is 4.90 Å². The molecule has 0 aliphatic carbocycles. The fraction of sp³-hybridized carbons (Fsp3) is 0.148. The Hall–Kier alpha value is -3.55. The van der Waals surface area contributed by atoms with Crippen molar-refractivity contribution in [2.75, 3.05) is 11.9 Å². The number of carbonyl (C=O) groups is 3. The van der Waals surface area contributed by atoms with Crippen molar-refractivity contribution < 1.29 is 19.1 Å². The van der Waals surface area contributed by atoms with Gasteiger partial charge >= 0.3 is 0 Å². The Morgan fingerprint density at radius 3 is 2.60 bits per heavy atom. The highest BCUT2D eigenvalue weighted by molar-refractivity contribution is 8.18. The van der Waals surface area contributed by atoms with E-state index in [2.05, 4.69) is 5.32 Å². The Bertz CT molecular complexity index is 1340. The molecule has 8 heteroatoms. The first kappa shape index (κ1) is 24.6. The van der Waals surface area contributed by atoms with Crippen LogP contribution in [0, 0.1) is 13.8 Å². The van der Waals surface area contributed by atoms with Crippen molar-refractivity contribution in [1.82, 2.24) is 4.90 Å². The summed E-state index contributed by atoms with van der Waals surface area (Å²) in [6.07, 6.45) is 1.66. The predicted octanol–water partition coefficient (Wildman–Crippen LogP) is 6.21. The van der Waals surface area contributed by atoms with Crippen LogP contribution in [0.15, 0.2) is 71.6 Å². The lowest BCUT2D eigenvalue weighted by atomic mass is 10.1. The van der Waals surface area contributed by atoms with Crippen LogP contribution in [0.3, 0.4) is 0 Å². The molecule has 3 aromatic carbocycles. The molecule has 35 heavy (non-hydrogen) atoms. The van der Waals surface area contributed by atoms with Gasteiger partial charge in [0.05, 0.1) is 11.4 Å². The third kappa shape index (κ3) is 6.12. The first-order chi connectivity index (χ1) is 16.8. The van der Waals surface area contributed by atoms with Crippen molar-refractivity contribution in [2.24, 2.45) is 0 Å². The van der Waals surface area contributed by atoms with Gasteiger partial charge in [0.2, 0.25) is 0 Å². The average Bonchev–Trinajstić information content (AvgIpc) is 3.09. The van der Waals surface area contributed by atoms with E-state index in [0.717, 1.165) is 28.5 Å². The quantitative estimate of drug-likeness (QED) is 0.385. The van der Waals surface area contributed by atoms with Crippen LogP contribution in [0.5, 0.6) is 5.75 Å². The smallest absolute Gasteiger partial charge is 0.293 e. The van der Waals surface area contributed by atoms with Crippen LogP contribution in [0.25, 0.3) is 6.08 Å². The zero-order chi connectivity index (χ0) is 24.9. The van der Waals surface area contributed by atoms with Crippen molar-refractivity contribution in [3.63, 3.8) is 0 Å². The highest BCUT2D eigenvalue weighted by Crippen LogP contribution is 2.34. The molecule has 0 aromatic heterocycles. The van der Waals surface area contributed by atoms with Gasteiger partial charge in [-0.15, -0.1) is 0 Å². The molecule has 4 rings (SSSR count). The number of carbonyl (C=O) groups excluding carboxylic acids is 3. The summed E-state index contributed by atoms with van der Waals surface area (Å²) in [5.74, 6) is -0.187. The van der Waals surface area contributed by atoms with Crippen LogP contribution < -0.4 is 10.1 Å². The Kier molecular flexibility index (Phi) is 7.58. The summed E-state index contributed by atoms with van der Waals surface area (Å²) in [7, 11) is 0. The SMILES string of the molecule is Cc1ccc(NC(=O)COc2cccc(/C=C3\SC(=O)N(Cc4ccccc4C)C3=O)c2)cc1Cl. The molecule has 0 bridgehead atoms. The summed E-state index contributed by atoms with van der Waals surface area (Å²) in [4.78, 5) is 39.2. The maximum atomic E-state index is 12.9. The molecule has 1 aliphatic rings. The fourth-order valence-corrected chi connectivity index (χ4v) is 4.48. The standard InChI is InChI=1S/C27H23ClN2O4S/c1-17-6-3-4-8-20(17)15-30-26(32)24(35-27(30)33)13-19-7-5-9-22(12-19)34-16-25(31)29-21-11-10-18(2)23(28)14-21/h3-14H,15-16H2,1-2H3,(H,29,31)/b24-13-. The topological polar surface area (TPSA) is 75.7 Å². The van der Waals surface area contributed by atoms with E-state index in [-0.39, 0.29) is 30.2 Å². The summed E-state index contributed by atoms with van der Waals surface area (Å²) >= 11 is 7.01. The van der Waals surface area contributed by atoms with Crippen LogP contribution in [-0.4, -0.2) is 28.6 Å². The van der Waals surface area contributed by atoms with Crippen molar-refractivity contribution in [2.45, 2.75) is 20.4 Å². The minimum absolute atomic E-state index is 0.193. The lowest BCUT2D eigenvalue weighted by Gasteiger charge is -2.14. The molecule has 0 radical (unpaired) electrons. The number of benzene rings is 3. The second-order valence-electron chi connectivity index (χ2n) is 8.07. The molecule has 1 N–H and O–H groups in total. The highest BCUT2D eigenvalue weighted by atomic mass is 35.5. The lowest BCUT2D eigenvalue weighted by molar-refractivity contribution is -0.123. The van der Waals surface area contributed by atoms with Gasteiger partial charge in [-0.05, 0) is 78.2 Å². The minimum Gasteiger partial charge on any atom is -0.484 e. The van der Waals surface area contributed by atoms with Crippen molar-refractivity contribution in [1.29, 1.82) is 0 Å². The van der Waals surface area contributed by atoms with E-state index in [9.17, 15) is 14.4 Å². The Labute approximate surface area is 212 Å². The lowest BCUT2D eigenvalue weighted by Crippen LogP contribution is -2.27. The van der Waals surface area contributed by atoms with Gasteiger partial charge in [-0.2, -0.15) is 0 Å². The number of nitrogens with one attached hydrogen (secondary N) is 1. The van der Waals surface area contributed by atoms with Gasteiger partial charge in [-0.1, -0.05) is 54.1 Å². The molecule has 1 fully saturated rings. The van der Waals surface area contributed by atoms with Gasteiger partial charge in [-0.3, -0.25) is 19.3 Å². The molecule has 0 saturated carbocycles. The van der Waals surface area contributed by atoms with Crippen LogP contribution in [0.2, 0.25) is 5.02 Å². The number of thioether (sulfide) groups is 1. The summed E-state index contributed by atoms with van der Waals surface area (Å²) in [6.45, 7) is 3.88. The fourth-order valence-electron chi connectivity index (χ4n) is 3.46. The second kappa shape index (κ2) is 10.8. The van der Waals surface area contributed by atoms with Crippen LogP contribution in [-0.2, 0) is 16.1 Å². The zero-order valence-electron chi connectivity index (χ0n) is 19.2. The molecule has 178 valence electrons. The van der Waals surface area contributed by atoms with Crippen molar-refractivity contribution in [3.8, 4) is 5.75 Å². The van der Waals surface area contributed by atoms with E-state index in [0.29, 0.717) is 26.9 Å². The van der Waals surface area contributed by atoms with E-state index in [1.807, 2.05) is 44.2 Å². The van der Waals surface area contributed by atoms with E-state index < -0.39 is 0 Å². The third-order valence-corrected chi connectivity index (χ3v) is 6.76. The minimum atomic E-state index is -0.328. The molecule has 1 heterocycles. The first-order valence-corrected chi connectivity index (χ1v) is 12.1. The number of hydrogen-bond donors (Lipinski definition) is 1. The summed E-state index contributed by atoms with van der Waals surface area (Å²) < 4.78 is 5.62. The molecule has 0 spiro atoms. The molecule has 3 aromatic rings. The van der Waals surface area contributed by atoms with Gasteiger partial charge in [0, 0.05) is 10.7 Å². The second-order valence-corrected chi connectivity index (χ2v) is 9.47. The maximum Gasteiger partial charge on any atom is 0.293 e. The molecule has 0 unspecified atom stereocenters. The summed E-state index contributed by atoms with van der Waals surface area (Å²) in [6, 6.07) is 19.9. The zero-order valence-corrected chi connectivity index (χ0v) is 20.8. The summed E-state index contributed by atoms with van der Waals surface area (Å²) in [5.41, 5.74) is 4.15. The predicted molar refractivity (Wildman–Crippen MR) is 139 cm³/mol. The van der Waals surface area contributed by atoms with E-state index in [1.54, 1.807) is 42.5 Å². The number of amides is 3. The van der Waals surface area contributed by atoms with Crippen LogP contribution in [0.1, 0.15) is 22.3 Å². The molecular weight excluding hydrogens is 484 g/mol. The molecule has 1 aliphatic heterocycles. The highest BCUT2D eigenvalue weighted by Gasteiger charge is 2.35. The van der Waals surface area contributed by atoms with Gasteiger partial charge in [0.1, 0.15) is 5.75 Å². The van der Waals surface area contributed by atoms with E-state index >= 15 is 0 Å².